The third kappa shape index (κ3) is 2.05. The molecule has 1 aromatic carbocycles. The Morgan fingerprint density at radius 3 is 2.65 bits per heavy atom. The van der Waals surface area contributed by atoms with Crippen LogP contribution in [0.4, 0.5) is 15.8 Å². The van der Waals surface area contributed by atoms with Crippen molar-refractivity contribution in [2.75, 3.05) is 17.7 Å². The van der Waals surface area contributed by atoms with Crippen molar-refractivity contribution in [3.8, 4) is 5.75 Å². The number of ether oxygens (including phenoxy) is 1. The second-order valence-corrected chi connectivity index (χ2v) is 4.24. The maximum absolute atomic E-state index is 13.5. The number of methoxy groups -OCH3 is 1. The van der Waals surface area contributed by atoms with E-state index in [1.807, 2.05) is 13.8 Å². The number of hydrogen-bond donors (Lipinski definition) is 2. The molecule has 0 saturated carbocycles. The van der Waals surface area contributed by atoms with Gasteiger partial charge in [0.2, 0.25) is 5.91 Å². The molecular weight excluding hydrogens is 223 g/mol. The maximum Gasteiger partial charge on any atom is 0.229 e. The number of fused-ring (bicyclic) bond motifs is 1. The summed E-state index contributed by atoms with van der Waals surface area (Å²) in [7, 11) is 1.41. The highest BCUT2D eigenvalue weighted by Crippen LogP contribution is 2.33. The first-order valence-corrected chi connectivity index (χ1v) is 5.48. The zero-order valence-corrected chi connectivity index (χ0v) is 10.0. The second-order valence-electron chi connectivity index (χ2n) is 4.24. The van der Waals surface area contributed by atoms with Gasteiger partial charge in [-0.3, -0.25) is 4.79 Å². The van der Waals surface area contributed by atoms with Crippen molar-refractivity contribution in [3.05, 3.63) is 17.9 Å². The zero-order chi connectivity index (χ0) is 12.6. The van der Waals surface area contributed by atoms with Crippen LogP contribution in [0.25, 0.3) is 0 Å². The lowest BCUT2D eigenvalue weighted by molar-refractivity contribution is -0.119. The first-order valence-electron chi connectivity index (χ1n) is 5.48. The van der Waals surface area contributed by atoms with Gasteiger partial charge in [0.05, 0.1) is 24.4 Å². The summed E-state index contributed by atoms with van der Waals surface area (Å²) >= 11 is 0. The number of hydrogen-bond acceptors (Lipinski definition) is 3. The van der Waals surface area contributed by atoms with Gasteiger partial charge in [-0.2, -0.15) is 0 Å². The summed E-state index contributed by atoms with van der Waals surface area (Å²) < 4.78 is 18.4. The average molecular weight is 238 g/mol. The van der Waals surface area contributed by atoms with Gasteiger partial charge in [0.1, 0.15) is 0 Å². The quantitative estimate of drug-likeness (QED) is 0.788. The summed E-state index contributed by atoms with van der Waals surface area (Å²) in [6, 6.07) is 2.80. The van der Waals surface area contributed by atoms with Gasteiger partial charge in [-0.05, 0) is 6.92 Å². The number of halogens is 1. The van der Waals surface area contributed by atoms with Crippen LogP contribution in [-0.2, 0) is 4.79 Å². The van der Waals surface area contributed by atoms with E-state index >= 15 is 0 Å². The molecule has 1 aromatic rings. The summed E-state index contributed by atoms with van der Waals surface area (Å²) in [4.78, 5) is 11.7. The lowest BCUT2D eigenvalue weighted by atomic mass is 10.0. The summed E-state index contributed by atoms with van der Waals surface area (Å²) in [6.07, 6.45) is 0. The zero-order valence-electron chi connectivity index (χ0n) is 10.0. The van der Waals surface area contributed by atoms with E-state index in [0.717, 1.165) is 0 Å². The molecule has 0 fully saturated rings. The molecule has 0 aromatic heterocycles. The van der Waals surface area contributed by atoms with E-state index in [1.54, 1.807) is 6.07 Å². The van der Waals surface area contributed by atoms with Crippen LogP contribution >= 0.6 is 0 Å². The Morgan fingerprint density at radius 2 is 2.00 bits per heavy atom. The topological polar surface area (TPSA) is 50.4 Å². The molecule has 0 saturated heterocycles. The van der Waals surface area contributed by atoms with E-state index in [-0.39, 0.29) is 23.6 Å². The van der Waals surface area contributed by atoms with Gasteiger partial charge in [0.25, 0.3) is 0 Å². The largest absolute Gasteiger partial charge is 0.494 e. The molecule has 1 aliphatic rings. The molecule has 2 rings (SSSR count). The summed E-state index contributed by atoms with van der Waals surface area (Å²) in [6.45, 7) is 3.74. The van der Waals surface area contributed by atoms with Crippen LogP contribution in [0, 0.1) is 11.7 Å². The van der Waals surface area contributed by atoms with Gasteiger partial charge in [-0.15, -0.1) is 0 Å². The Balaban J connectivity index is 2.46. The van der Waals surface area contributed by atoms with Crippen LogP contribution in [0.5, 0.6) is 5.75 Å². The average Bonchev–Trinajstić information content (AvgIpc) is 2.39. The number of rotatable bonds is 1. The summed E-state index contributed by atoms with van der Waals surface area (Å²) in [5.41, 5.74) is 1.12. The van der Waals surface area contributed by atoms with E-state index in [4.69, 9.17) is 4.74 Å². The van der Waals surface area contributed by atoms with E-state index in [2.05, 4.69) is 10.6 Å². The Hall–Kier alpha value is -1.78. The Morgan fingerprint density at radius 1 is 1.29 bits per heavy atom. The minimum atomic E-state index is -0.490. The van der Waals surface area contributed by atoms with Crippen LogP contribution in [0.3, 0.4) is 0 Å². The Labute approximate surface area is 99.2 Å². The van der Waals surface area contributed by atoms with E-state index in [9.17, 15) is 9.18 Å². The van der Waals surface area contributed by atoms with Crippen LogP contribution in [0.1, 0.15) is 13.8 Å². The predicted octanol–water partition coefficient (Wildman–Crippen LogP) is 2.22. The summed E-state index contributed by atoms with van der Waals surface area (Å²) in [5.74, 6) is -0.632. The molecule has 2 atom stereocenters. The standard InChI is InChI=1S/C12H15FN2O2/c1-6-7(2)14-10-5-11(17-3)8(13)4-9(10)15-12(6)16/h4-7,14H,1-3H3,(H,15,16). The minimum absolute atomic E-state index is 0.0218. The van der Waals surface area contributed by atoms with Crippen molar-refractivity contribution in [1.82, 2.24) is 0 Å². The molecule has 17 heavy (non-hydrogen) atoms. The molecule has 0 bridgehead atoms. The van der Waals surface area contributed by atoms with Gasteiger partial charge in [0, 0.05) is 18.2 Å². The number of carbonyl (C=O) groups excluding carboxylic acids is 1. The number of anilines is 2. The van der Waals surface area contributed by atoms with Crippen LogP contribution in [0.2, 0.25) is 0 Å². The first-order chi connectivity index (χ1) is 8.02. The van der Waals surface area contributed by atoms with E-state index in [0.29, 0.717) is 11.4 Å². The molecule has 1 aliphatic heterocycles. The van der Waals surface area contributed by atoms with E-state index in [1.165, 1.54) is 13.2 Å². The van der Waals surface area contributed by atoms with Gasteiger partial charge >= 0.3 is 0 Å². The minimum Gasteiger partial charge on any atom is -0.494 e. The number of nitrogens with one attached hydrogen (secondary N) is 2. The fraction of sp³-hybridized carbons (Fsp3) is 0.417. The molecule has 1 heterocycles. The second kappa shape index (κ2) is 4.24. The van der Waals surface area contributed by atoms with Crippen LogP contribution in [-0.4, -0.2) is 19.1 Å². The number of benzene rings is 1. The third-order valence-electron chi connectivity index (χ3n) is 3.10. The number of carbonyl (C=O) groups is 1. The van der Waals surface area contributed by atoms with Crippen molar-refractivity contribution < 1.29 is 13.9 Å². The molecule has 0 radical (unpaired) electrons. The molecule has 1 amide bonds. The highest BCUT2D eigenvalue weighted by molar-refractivity contribution is 5.98. The molecular formula is C12H15FN2O2. The lowest BCUT2D eigenvalue weighted by Gasteiger charge is -2.17. The highest BCUT2D eigenvalue weighted by atomic mass is 19.1. The van der Waals surface area contributed by atoms with Crippen molar-refractivity contribution in [2.45, 2.75) is 19.9 Å². The van der Waals surface area contributed by atoms with E-state index < -0.39 is 5.82 Å². The molecule has 2 unspecified atom stereocenters. The smallest absolute Gasteiger partial charge is 0.229 e. The molecule has 0 aliphatic carbocycles. The van der Waals surface area contributed by atoms with Gasteiger partial charge in [-0.25, -0.2) is 4.39 Å². The van der Waals surface area contributed by atoms with Crippen LogP contribution in [0.15, 0.2) is 12.1 Å². The molecule has 4 nitrogen and oxygen atoms in total. The number of amides is 1. The third-order valence-corrected chi connectivity index (χ3v) is 3.10. The van der Waals surface area contributed by atoms with Crippen molar-refractivity contribution in [3.63, 3.8) is 0 Å². The first kappa shape index (κ1) is 11.7. The summed E-state index contributed by atoms with van der Waals surface area (Å²) in [5, 5.41) is 5.87. The molecule has 0 spiro atoms. The lowest BCUT2D eigenvalue weighted by Crippen LogP contribution is -2.30. The SMILES string of the molecule is COc1cc2c(cc1F)NC(=O)C(C)C(C)N2. The molecule has 92 valence electrons. The van der Waals surface area contributed by atoms with Crippen molar-refractivity contribution in [2.24, 2.45) is 5.92 Å². The van der Waals surface area contributed by atoms with Crippen molar-refractivity contribution >= 4 is 17.3 Å². The fourth-order valence-electron chi connectivity index (χ4n) is 1.78. The van der Waals surface area contributed by atoms with Gasteiger partial charge < -0.3 is 15.4 Å². The fourth-order valence-corrected chi connectivity index (χ4v) is 1.78. The Kier molecular flexibility index (Phi) is 2.92. The van der Waals surface area contributed by atoms with Gasteiger partial charge in [0.15, 0.2) is 11.6 Å². The van der Waals surface area contributed by atoms with Gasteiger partial charge in [-0.1, -0.05) is 6.92 Å². The van der Waals surface area contributed by atoms with Crippen molar-refractivity contribution in [1.29, 1.82) is 0 Å². The molecule has 5 heteroatoms. The Bertz CT molecular complexity index is 462. The van der Waals surface area contributed by atoms with Crippen LogP contribution < -0.4 is 15.4 Å². The predicted molar refractivity (Wildman–Crippen MR) is 63.8 cm³/mol. The normalized spacial score (nSPS) is 23.2. The molecule has 2 N–H and O–H groups in total. The highest BCUT2D eigenvalue weighted by Gasteiger charge is 2.26. The monoisotopic (exact) mass is 238 g/mol. The maximum atomic E-state index is 13.5.